The van der Waals surface area contributed by atoms with Crippen molar-refractivity contribution in [2.24, 2.45) is 0 Å². The first-order chi connectivity index (χ1) is 7.64. The summed E-state index contributed by atoms with van der Waals surface area (Å²) in [4.78, 5) is 2.38. The second-order valence-corrected chi connectivity index (χ2v) is 5.39. The summed E-state index contributed by atoms with van der Waals surface area (Å²) in [5, 5.41) is 10.6. The Labute approximate surface area is 105 Å². The predicted octanol–water partition coefficient (Wildman–Crippen LogP) is 2.75. The number of rotatable bonds is 2. The van der Waals surface area contributed by atoms with Crippen molar-refractivity contribution in [1.82, 2.24) is 4.90 Å². The van der Waals surface area contributed by atoms with E-state index in [1.807, 2.05) is 24.3 Å². The molecule has 0 radical (unpaired) electrons. The molecular weight excluding hydrogens is 266 g/mol. The summed E-state index contributed by atoms with van der Waals surface area (Å²) in [5.41, 5.74) is 0.429. The highest BCUT2D eigenvalue weighted by Gasteiger charge is 2.33. The van der Waals surface area contributed by atoms with Gasteiger partial charge < -0.3 is 10.0 Å². The van der Waals surface area contributed by atoms with E-state index in [9.17, 15) is 5.11 Å². The Kier molecular flexibility index (Phi) is 3.67. The molecule has 2 rings (SSSR count). The molecule has 1 N–H and O–H groups in total. The molecule has 88 valence electrons. The van der Waals surface area contributed by atoms with Crippen LogP contribution in [0.3, 0.4) is 0 Å². The Morgan fingerprint density at radius 1 is 1.25 bits per heavy atom. The van der Waals surface area contributed by atoms with Gasteiger partial charge in [0.25, 0.3) is 0 Å². The van der Waals surface area contributed by atoms with Gasteiger partial charge >= 0.3 is 0 Å². The van der Waals surface area contributed by atoms with Crippen LogP contribution in [0.1, 0.15) is 25.3 Å². The largest absolute Gasteiger partial charge is 0.385 e. The zero-order valence-electron chi connectivity index (χ0n) is 9.62. The van der Waals surface area contributed by atoms with Gasteiger partial charge in [0.1, 0.15) is 0 Å². The van der Waals surface area contributed by atoms with E-state index in [1.165, 1.54) is 0 Å². The Hall–Kier alpha value is -0.380. The van der Waals surface area contributed by atoms with Gasteiger partial charge in [0.05, 0.1) is 5.60 Å². The number of nitrogens with zero attached hydrogens (tertiary/aromatic N) is 1. The lowest BCUT2D eigenvalue weighted by atomic mass is 9.84. The van der Waals surface area contributed by atoms with Crippen LogP contribution in [-0.4, -0.2) is 29.6 Å². The third kappa shape index (κ3) is 2.47. The SMILES string of the molecule is CCN1CCC(O)(c2ccc(Br)cc2)CC1. The third-order valence-electron chi connectivity index (χ3n) is 3.51. The summed E-state index contributed by atoms with van der Waals surface area (Å²) >= 11 is 3.42. The summed E-state index contributed by atoms with van der Waals surface area (Å²) < 4.78 is 1.06. The monoisotopic (exact) mass is 283 g/mol. The van der Waals surface area contributed by atoms with Gasteiger partial charge in [-0.2, -0.15) is 0 Å². The van der Waals surface area contributed by atoms with Crippen LogP contribution in [0.5, 0.6) is 0 Å². The predicted molar refractivity (Wildman–Crippen MR) is 69.4 cm³/mol. The highest BCUT2D eigenvalue weighted by molar-refractivity contribution is 9.10. The topological polar surface area (TPSA) is 23.5 Å². The van der Waals surface area contributed by atoms with E-state index >= 15 is 0 Å². The summed E-state index contributed by atoms with van der Waals surface area (Å²) in [6.45, 7) is 5.23. The van der Waals surface area contributed by atoms with Gasteiger partial charge in [0, 0.05) is 17.6 Å². The van der Waals surface area contributed by atoms with Gasteiger partial charge in [0.15, 0.2) is 0 Å². The maximum atomic E-state index is 10.6. The normalized spacial score (nSPS) is 20.9. The van der Waals surface area contributed by atoms with E-state index < -0.39 is 5.60 Å². The average Bonchev–Trinajstić information content (AvgIpc) is 2.31. The molecule has 0 aliphatic carbocycles. The van der Waals surface area contributed by atoms with Crippen LogP contribution < -0.4 is 0 Å². The minimum absolute atomic E-state index is 0.619. The number of halogens is 1. The molecule has 1 fully saturated rings. The number of benzene rings is 1. The maximum Gasteiger partial charge on any atom is 0.0920 e. The molecule has 1 aliphatic heterocycles. The van der Waals surface area contributed by atoms with Gasteiger partial charge in [-0.1, -0.05) is 35.0 Å². The molecule has 1 heterocycles. The fraction of sp³-hybridized carbons (Fsp3) is 0.538. The summed E-state index contributed by atoms with van der Waals surface area (Å²) in [6.07, 6.45) is 1.67. The van der Waals surface area contributed by atoms with Crippen molar-refractivity contribution >= 4 is 15.9 Å². The minimum atomic E-state index is -0.619. The second-order valence-electron chi connectivity index (χ2n) is 4.47. The van der Waals surface area contributed by atoms with E-state index in [1.54, 1.807) is 0 Å². The number of hydrogen-bond acceptors (Lipinski definition) is 2. The van der Waals surface area contributed by atoms with Crippen LogP contribution in [0.2, 0.25) is 0 Å². The fourth-order valence-corrected chi connectivity index (χ4v) is 2.55. The molecule has 0 aromatic heterocycles. The van der Waals surface area contributed by atoms with E-state index in [-0.39, 0.29) is 0 Å². The Morgan fingerprint density at radius 2 is 1.81 bits per heavy atom. The molecule has 1 aromatic rings. The maximum absolute atomic E-state index is 10.6. The minimum Gasteiger partial charge on any atom is -0.385 e. The molecule has 0 bridgehead atoms. The summed E-state index contributed by atoms with van der Waals surface area (Å²) in [7, 11) is 0. The van der Waals surface area contributed by atoms with E-state index in [4.69, 9.17) is 0 Å². The molecule has 2 nitrogen and oxygen atoms in total. The zero-order valence-corrected chi connectivity index (χ0v) is 11.2. The van der Waals surface area contributed by atoms with E-state index in [0.717, 1.165) is 42.5 Å². The molecule has 1 aliphatic rings. The average molecular weight is 284 g/mol. The lowest BCUT2D eigenvalue weighted by molar-refractivity contribution is -0.0247. The van der Waals surface area contributed by atoms with Gasteiger partial charge in [0.2, 0.25) is 0 Å². The highest BCUT2D eigenvalue weighted by atomic mass is 79.9. The summed E-state index contributed by atoms with van der Waals surface area (Å²) in [5.74, 6) is 0. The van der Waals surface area contributed by atoms with Gasteiger partial charge in [-0.15, -0.1) is 0 Å². The number of aliphatic hydroxyl groups is 1. The van der Waals surface area contributed by atoms with Crippen LogP contribution in [0.4, 0.5) is 0 Å². The van der Waals surface area contributed by atoms with Crippen molar-refractivity contribution in [1.29, 1.82) is 0 Å². The Bertz CT molecular complexity index is 341. The molecule has 0 atom stereocenters. The second kappa shape index (κ2) is 4.86. The zero-order chi connectivity index (χ0) is 11.6. The lowest BCUT2D eigenvalue weighted by Crippen LogP contribution is -2.42. The highest BCUT2D eigenvalue weighted by Crippen LogP contribution is 2.33. The van der Waals surface area contributed by atoms with Crippen molar-refractivity contribution in [3.8, 4) is 0 Å². The van der Waals surface area contributed by atoms with Gasteiger partial charge in [-0.25, -0.2) is 0 Å². The van der Waals surface area contributed by atoms with Crippen LogP contribution >= 0.6 is 15.9 Å². The van der Waals surface area contributed by atoms with Crippen molar-refractivity contribution in [3.05, 3.63) is 34.3 Å². The molecule has 0 saturated carbocycles. The Balaban J connectivity index is 2.11. The summed E-state index contributed by atoms with van der Waals surface area (Å²) in [6, 6.07) is 8.04. The molecule has 3 heteroatoms. The van der Waals surface area contributed by atoms with Crippen molar-refractivity contribution < 1.29 is 5.11 Å². The molecule has 16 heavy (non-hydrogen) atoms. The molecular formula is C13H18BrNO. The fourth-order valence-electron chi connectivity index (χ4n) is 2.29. The number of likely N-dealkylation sites (tertiary alicyclic amines) is 1. The van der Waals surface area contributed by atoms with E-state index in [0.29, 0.717) is 0 Å². The van der Waals surface area contributed by atoms with Gasteiger partial charge in [-0.05, 0) is 37.1 Å². The quantitative estimate of drug-likeness (QED) is 0.902. The van der Waals surface area contributed by atoms with Crippen LogP contribution in [0, 0.1) is 0 Å². The third-order valence-corrected chi connectivity index (χ3v) is 4.04. The van der Waals surface area contributed by atoms with Crippen molar-refractivity contribution in [2.75, 3.05) is 19.6 Å². The van der Waals surface area contributed by atoms with Crippen LogP contribution in [-0.2, 0) is 5.60 Å². The Morgan fingerprint density at radius 3 is 2.31 bits per heavy atom. The first kappa shape index (κ1) is 12.1. The van der Waals surface area contributed by atoms with Crippen molar-refractivity contribution in [3.63, 3.8) is 0 Å². The van der Waals surface area contributed by atoms with Crippen molar-refractivity contribution in [2.45, 2.75) is 25.4 Å². The molecule has 0 unspecified atom stereocenters. The van der Waals surface area contributed by atoms with E-state index in [2.05, 4.69) is 27.8 Å². The first-order valence-corrected chi connectivity index (χ1v) is 6.64. The molecule has 1 aromatic carbocycles. The first-order valence-electron chi connectivity index (χ1n) is 5.85. The number of hydrogen-bond donors (Lipinski definition) is 1. The lowest BCUT2D eigenvalue weighted by Gasteiger charge is -2.38. The number of piperidine rings is 1. The molecule has 0 amide bonds. The van der Waals surface area contributed by atoms with Crippen LogP contribution in [0.15, 0.2) is 28.7 Å². The smallest absolute Gasteiger partial charge is 0.0920 e. The van der Waals surface area contributed by atoms with Gasteiger partial charge in [-0.3, -0.25) is 0 Å². The van der Waals surface area contributed by atoms with Crippen LogP contribution in [0.25, 0.3) is 0 Å². The molecule has 1 saturated heterocycles. The standard InChI is InChI=1S/C13H18BrNO/c1-2-15-9-7-13(16,8-10-15)11-3-5-12(14)6-4-11/h3-6,16H,2,7-10H2,1H3. The molecule has 0 spiro atoms.